The van der Waals surface area contributed by atoms with Crippen LogP contribution in [0.25, 0.3) is 0 Å². The van der Waals surface area contributed by atoms with E-state index in [1.807, 2.05) is 54.6 Å². The first-order valence-electron chi connectivity index (χ1n) is 11.5. The molecule has 3 aromatic carbocycles. The van der Waals surface area contributed by atoms with Crippen LogP contribution in [0.15, 0.2) is 108 Å². The van der Waals surface area contributed by atoms with Crippen LogP contribution in [0.5, 0.6) is 0 Å². The Morgan fingerprint density at radius 3 is 2.14 bits per heavy atom. The summed E-state index contributed by atoms with van der Waals surface area (Å²) in [6.07, 6.45) is 1.95. The molecule has 0 bridgehead atoms. The normalized spacial score (nSPS) is 11.5. The van der Waals surface area contributed by atoms with Gasteiger partial charge in [0.25, 0.3) is 5.91 Å². The average molecular weight is 500 g/mol. The highest BCUT2D eigenvalue weighted by atomic mass is 32.2. The molecule has 182 valence electrons. The summed E-state index contributed by atoms with van der Waals surface area (Å²) in [5.41, 5.74) is 2.98. The first kappa shape index (κ1) is 25.1. The van der Waals surface area contributed by atoms with Gasteiger partial charge in [-0.2, -0.15) is 0 Å². The van der Waals surface area contributed by atoms with Crippen molar-refractivity contribution in [1.82, 2.24) is 9.88 Å². The zero-order valence-corrected chi connectivity index (χ0v) is 20.6. The fourth-order valence-corrected chi connectivity index (χ4v) is 4.48. The van der Waals surface area contributed by atoms with Gasteiger partial charge in [0.15, 0.2) is 0 Å². The quantitative estimate of drug-likeness (QED) is 0.294. The summed E-state index contributed by atoms with van der Waals surface area (Å²) in [6.45, 7) is 0. The van der Waals surface area contributed by atoms with Gasteiger partial charge in [-0.3, -0.25) is 9.59 Å². The van der Waals surface area contributed by atoms with Crippen molar-refractivity contribution in [3.63, 3.8) is 0 Å². The summed E-state index contributed by atoms with van der Waals surface area (Å²) in [7, 11) is 1.58. The van der Waals surface area contributed by atoms with Gasteiger partial charge >= 0.3 is 0 Å². The molecule has 0 radical (unpaired) electrons. The van der Waals surface area contributed by atoms with Gasteiger partial charge in [0, 0.05) is 24.8 Å². The number of likely N-dealkylation sites (N-methyl/N-ethyl adjacent to an activating group) is 1. The van der Waals surface area contributed by atoms with Crippen molar-refractivity contribution < 1.29 is 14.0 Å². The van der Waals surface area contributed by atoms with Crippen molar-refractivity contribution in [3.05, 3.63) is 126 Å². The average Bonchev–Trinajstić information content (AvgIpc) is 2.92. The van der Waals surface area contributed by atoms with E-state index in [2.05, 4.69) is 22.4 Å². The van der Waals surface area contributed by atoms with Gasteiger partial charge in [0.05, 0.1) is 16.9 Å². The Morgan fingerprint density at radius 2 is 1.53 bits per heavy atom. The number of hydrogen-bond acceptors (Lipinski definition) is 4. The first-order chi connectivity index (χ1) is 17.5. The summed E-state index contributed by atoms with van der Waals surface area (Å²) < 4.78 is 13.3. The molecule has 0 spiro atoms. The van der Waals surface area contributed by atoms with E-state index >= 15 is 0 Å². The maximum Gasteiger partial charge on any atom is 0.254 e. The molecule has 1 aromatic heterocycles. The lowest BCUT2D eigenvalue weighted by Crippen LogP contribution is -2.46. The van der Waals surface area contributed by atoms with Crippen LogP contribution in [-0.2, 0) is 17.0 Å². The summed E-state index contributed by atoms with van der Waals surface area (Å²) in [6, 6.07) is 27.8. The van der Waals surface area contributed by atoms with Crippen LogP contribution in [0.1, 0.15) is 21.5 Å². The van der Waals surface area contributed by atoms with Crippen LogP contribution in [0, 0.1) is 5.82 Å². The molecule has 4 rings (SSSR count). The van der Waals surface area contributed by atoms with Crippen LogP contribution in [0.3, 0.4) is 0 Å². The third-order valence-electron chi connectivity index (χ3n) is 5.69. The number of carbonyl (C=O) groups excluding carboxylic acids is 2. The van der Waals surface area contributed by atoms with Crippen molar-refractivity contribution in [2.24, 2.45) is 0 Å². The third-order valence-corrected chi connectivity index (χ3v) is 6.70. The molecule has 0 aliphatic heterocycles. The van der Waals surface area contributed by atoms with Gasteiger partial charge in [-0.05, 0) is 47.5 Å². The van der Waals surface area contributed by atoms with E-state index in [9.17, 15) is 14.0 Å². The molecule has 0 saturated carbocycles. The molecular weight excluding hydrogens is 473 g/mol. The zero-order chi connectivity index (χ0) is 25.3. The molecule has 1 unspecified atom stereocenters. The van der Waals surface area contributed by atoms with Gasteiger partial charge in [0.2, 0.25) is 5.91 Å². The standard InChI is InChI=1S/C29H26FN3O2S/c1-33(29(35)23-12-14-24(30)15-13-23)26(18-21-8-4-2-5-9-21)28(34)32-25-16-17-27(31-19-25)36-20-22-10-6-3-7-11-22/h2-17,19,26H,18,20H2,1H3,(H,32,34). The summed E-state index contributed by atoms with van der Waals surface area (Å²) in [5, 5.41) is 3.74. The van der Waals surface area contributed by atoms with Gasteiger partial charge in [-0.15, -0.1) is 11.8 Å². The van der Waals surface area contributed by atoms with Crippen LogP contribution in [-0.4, -0.2) is 34.8 Å². The highest BCUT2D eigenvalue weighted by Crippen LogP contribution is 2.22. The second-order valence-electron chi connectivity index (χ2n) is 8.28. The summed E-state index contributed by atoms with van der Waals surface area (Å²) >= 11 is 1.61. The monoisotopic (exact) mass is 499 g/mol. The number of anilines is 1. The zero-order valence-electron chi connectivity index (χ0n) is 19.8. The molecular formula is C29H26FN3O2S. The number of carbonyl (C=O) groups is 2. The van der Waals surface area contributed by atoms with E-state index in [4.69, 9.17) is 0 Å². The number of rotatable bonds is 9. The molecule has 0 fully saturated rings. The fourth-order valence-electron chi connectivity index (χ4n) is 3.68. The summed E-state index contributed by atoms with van der Waals surface area (Å²) in [5.74, 6) is -0.319. The molecule has 7 heteroatoms. The Bertz CT molecular complexity index is 1280. The highest BCUT2D eigenvalue weighted by molar-refractivity contribution is 7.98. The van der Waals surface area contributed by atoms with E-state index in [0.717, 1.165) is 16.3 Å². The van der Waals surface area contributed by atoms with E-state index in [-0.39, 0.29) is 11.8 Å². The number of nitrogens with zero attached hydrogens (tertiary/aromatic N) is 2. The lowest BCUT2D eigenvalue weighted by Gasteiger charge is -2.27. The fraction of sp³-hybridized carbons (Fsp3) is 0.138. The number of pyridine rings is 1. The number of thioether (sulfide) groups is 1. The minimum absolute atomic E-state index is 0.311. The molecule has 1 atom stereocenters. The summed E-state index contributed by atoms with van der Waals surface area (Å²) in [4.78, 5) is 32.3. The molecule has 36 heavy (non-hydrogen) atoms. The highest BCUT2D eigenvalue weighted by Gasteiger charge is 2.28. The Hall–Kier alpha value is -3.97. The predicted octanol–water partition coefficient (Wildman–Crippen LogP) is 5.84. The van der Waals surface area contributed by atoms with Crippen molar-refractivity contribution in [1.29, 1.82) is 0 Å². The molecule has 0 saturated heterocycles. The van der Waals surface area contributed by atoms with Crippen LogP contribution in [0.4, 0.5) is 10.1 Å². The maximum atomic E-state index is 13.3. The van der Waals surface area contributed by atoms with Gasteiger partial charge in [-0.1, -0.05) is 60.7 Å². The van der Waals surface area contributed by atoms with Crippen LogP contribution in [0.2, 0.25) is 0 Å². The molecule has 2 amide bonds. The molecule has 5 nitrogen and oxygen atoms in total. The van der Waals surface area contributed by atoms with Crippen LogP contribution >= 0.6 is 11.8 Å². The third kappa shape index (κ3) is 6.79. The number of halogens is 1. The lowest BCUT2D eigenvalue weighted by molar-refractivity contribution is -0.120. The Morgan fingerprint density at radius 1 is 0.889 bits per heavy atom. The van der Waals surface area contributed by atoms with E-state index in [1.165, 1.54) is 34.7 Å². The van der Waals surface area contributed by atoms with Crippen LogP contribution < -0.4 is 5.32 Å². The molecule has 1 heterocycles. The van der Waals surface area contributed by atoms with Crippen molar-refractivity contribution in [2.45, 2.75) is 23.2 Å². The Labute approximate surface area is 214 Å². The first-order valence-corrected chi connectivity index (χ1v) is 12.5. The second kappa shape index (κ2) is 12.1. The molecule has 0 aliphatic rings. The number of nitrogens with one attached hydrogen (secondary N) is 1. The SMILES string of the molecule is CN(C(=O)c1ccc(F)cc1)C(Cc1ccccc1)C(=O)Nc1ccc(SCc2ccccc2)nc1. The van der Waals surface area contributed by atoms with E-state index in [1.54, 1.807) is 31.1 Å². The Balaban J connectivity index is 1.46. The second-order valence-corrected chi connectivity index (χ2v) is 9.27. The van der Waals surface area contributed by atoms with Crippen molar-refractivity contribution in [2.75, 3.05) is 12.4 Å². The smallest absolute Gasteiger partial charge is 0.254 e. The minimum Gasteiger partial charge on any atom is -0.329 e. The molecule has 0 aliphatic carbocycles. The topological polar surface area (TPSA) is 62.3 Å². The maximum absolute atomic E-state index is 13.3. The van der Waals surface area contributed by atoms with E-state index in [0.29, 0.717) is 17.7 Å². The molecule has 4 aromatic rings. The van der Waals surface area contributed by atoms with E-state index < -0.39 is 11.9 Å². The number of amides is 2. The minimum atomic E-state index is -0.780. The Kier molecular flexibility index (Phi) is 8.47. The van der Waals surface area contributed by atoms with Gasteiger partial charge in [0.1, 0.15) is 11.9 Å². The number of aromatic nitrogens is 1. The predicted molar refractivity (Wildman–Crippen MR) is 141 cm³/mol. The number of benzene rings is 3. The van der Waals surface area contributed by atoms with Crippen molar-refractivity contribution >= 4 is 29.3 Å². The molecule has 1 N–H and O–H groups in total. The number of hydrogen-bond donors (Lipinski definition) is 1. The largest absolute Gasteiger partial charge is 0.329 e. The van der Waals surface area contributed by atoms with Gasteiger partial charge in [-0.25, -0.2) is 9.37 Å². The van der Waals surface area contributed by atoms with Gasteiger partial charge < -0.3 is 10.2 Å². The lowest BCUT2D eigenvalue weighted by atomic mass is 10.0. The van der Waals surface area contributed by atoms with Crippen molar-refractivity contribution in [3.8, 4) is 0 Å².